The second kappa shape index (κ2) is 7.85. The number of hydrogen-bond acceptors (Lipinski definition) is 3. The maximum atomic E-state index is 11.7. The fourth-order valence-electron chi connectivity index (χ4n) is 3.87. The van der Waals surface area contributed by atoms with Crippen LogP contribution in [0.5, 0.6) is 0 Å². The molecule has 0 fully saturated rings. The van der Waals surface area contributed by atoms with Crippen LogP contribution < -0.4 is 0 Å². The van der Waals surface area contributed by atoms with Gasteiger partial charge >= 0.3 is 5.97 Å². The van der Waals surface area contributed by atoms with Gasteiger partial charge < -0.3 is 4.74 Å². The van der Waals surface area contributed by atoms with Crippen LogP contribution in [0.15, 0.2) is 53.1 Å². The highest BCUT2D eigenvalue weighted by atomic mass is 32.1. The summed E-state index contributed by atoms with van der Waals surface area (Å²) in [6, 6.07) is 7.89. The Bertz CT molecular complexity index is 954. The summed E-state index contributed by atoms with van der Waals surface area (Å²) < 4.78 is 5.92. The summed E-state index contributed by atoms with van der Waals surface area (Å²) in [5, 5.41) is 1.16. The topological polar surface area (TPSA) is 26.3 Å². The summed E-state index contributed by atoms with van der Waals surface area (Å²) in [5.74, 6) is -0.291. The van der Waals surface area contributed by atoms with Crippen LogP contribution in [0.4, 0.5) is 0 Å². The molecule has 0 spiro atoms. The maximum absolute atomic E-state index is 11.7. The minimum Gasteiger partial charge on any atom is -0.465 e. The molecular formula is C24H28O2S. The number of hydrogen-bond donors (Lipinski definition) is 0. The molecule has 2 aromatic rings. The Morgan fingerprint density at radius 3 is 2.74 bits per heavy atom. The zero-order chi connectivity index (χ0) is 19.6. The Hall–Kier alpha value is -2.13. The van der Waals surface area contributed by atoms with Gasteiger partial charge in [-0.1, -0.05) is 37.6 Å². The average molecular weight is 381 g/mol. The van der Waals surface area contributed by atoms with E-state index in [0.29, 0.717) is 5.56 Å². The fraction of sp³-hybridized carbons (Fsp3) is 0.375. The molecule has 0 aliphatic heterocycles. The molecule has 0 atom stereocenters. The first-order chi connectivity index (χ1) is 12.8. The van der Waals surface area contributed by atoms with Crippen LogP contribution in [0.3, 0.4) is 0 Å². The molecule has 0 saturated carbocycles. The third kappa shape index (κ3) is 4.41. The number of esters is 1. The molecule has 1 aliphatic rings. The van der Waals surface area contributed by atoms with Crippen molar-refractivity contribution in [3.8, 4) is 0 Å². The molecule has 0 unspecified atom stereocenters. The van der Waals surface area contributed by atoms with Crippen LogP contribution in [0.25, 0.3) is 16.2 Å². The zero-order valence-electron chi connectivity index (χ0n) is 16.9. The Kier molecular flexibility index (Phi) is 5.71. The number of carbonyl (C=O) groups excluding carboxylic acids is 1. The Balaban J connectivity index is 1.84. The Morgan fingerprint density at radius 1 is 1.26 bits per heavy atom. The van der Waals surface area contributed by atoms with Crippen molar-refractivity contribution < 1.29 is 9.53 Å². The Labute approximate surface area is 166 Å². The molecule has 0 bridgehead atoms. The largest absolute Gasteiger partial charge is 0.465 e. The lowest BCUT2D eigenvalue weighted by molar-refractivity contribution is 0.0601. The molecule has 1 heterocycles. The van der Waals surface area contributed by atoms with E-state index in [1.165, 1.54) is 48.0 Å². The summed E-state index contributed by atoms with van der Waals surface area (Å²) >= 11 is 1.70. The molecular weight excluding hydrogens is 352 g/mol. The van der Waals surface area contributed by atoms with Crippen molar-refractivity contribution in [3.63, 3.8) is 0 Å². The molecule has 0 radical (unpaired) electrons. The summed E-state index contributed by atoms with van der Waals surface area (Å²) in [6.07, 6.45) is 10.5. The predicted molar refractivity (Wildman–Crippen MR) is 116 cm³/mol. The SMILES string of the molecule is COC(=O)c1ccc2cc(/C=C(\C)C=CC3=C(C)CCCC3(C)C)sc2c1. The molecule has 3 heteroatoms. The van der Waals surface area contributed by atoms with Gasteiger partial charge in [0.2, 0.25) is 0 Å². The van der Waals surface area contributed by atoms with Gasteiger partial charge in [0.1, 0.15) is 0 Å². The van der Waals surface area contributed by atoms with E-state index in [9.17, 15) is 4.79 Å². The fourth-order valence-corrected chi connectivity index (χ4v) is 4.98. The number of thiophene rings is 1. The second-order valence-electron chi connectivity index (χ2n) is 8.05. The van der Waals surface area contributed by atoms with Crippen LogP contribution in [0, 0.1) is 5.41 Å². The van der Waals surface area contributed by atoms with Crippen LogP contribution in [-0.2, 0) is 4.74 Å². The minimum absolute atomic E-state index is 0.265. The zero-order valence-corrected chi connectivity index (χ0v) is 17.7. The number of fused-ring (bicyclic) bond motifs is 1. The van der Waals surface area contributed by atoms with Crippen molar-refractivity contribution in [1.82, 2.24) is 0 Å². The van der Waals surface area contributed by atoms with Crippen LogP contribution >= 0.6 is 11.3 Å². The van der Waals surface area contributed by atoms with Gasteiger partial charge in [0.05, 0.1) is 12.7 Å². The molecule has 3 rings (SSSR count). The quantitative estimate of drug-likeness (QED) is 0.415. The van der Waals surface area contributed by atoms with E-state index >= 15 is 0 Å². The lowest BCUT2D eigenvalue weighted by atomic mass is 9.72. The van der Waals surface area contributed by atoms with Gasteiger partial charge in [-0.3, -0.25) is 0 Å². The molecule has 2 nitrogen and oxygen atoms in total. The van der Waals surface area contributed by atoms with E-state index < -0.39 is 0 Å². The molecule has 1 aliphatic carbocycles. The van der Waals surface area contributed by atoms with Crippen LogP contribution in [0.2, 0.25) is 0 Å². The maximum Gasteiger partial charge on any atom is 0.337 e. The van der Waals surface area contributed by atoms with Gasteiger partial charge in [0, 0.05) is 9.58 Å². The first kappa shape index (κ1) is 19.6. The molecule has 0 N–H and O–H groups in total. The standard InChI is InChI=1S/C24H28O2S/c1-16(8-11-21-17(2)7-6-12-24(21,3)4)13-20-14-18-9-10-19(23(25)26-5)15-22(18)27-20/h8-11,13-15H,6-7,12H2,1-5H3/b11-8?,16-13+. The minimum atomic E-state index is -0.291. The van der Waals surface area contributed by atoms with E-state index in [2.05, 4.69) is 52.0 Å². The van der Waals surface area contributed by atoms with Crippen molar-refractivity contribution in [3.05, 3.63) is 63.6 Å². The van der Waals surface area contributed by atoms with Crippen LogP contribution in [-0.4, -0.2) is 13.1 Å². The number of ether oxygens (including phenoxy) is 1. The third-order valence-electron chi connectivity index (χ3n) is 5.39. The highest BCUT2D eigenvalue weighted by molar-refractivity contribution is 7.19. The Morgan fingerprint density at radius 2 is 2.04 bits per heavy atom. The predicted octanol–water partition coefficient (Wildman–Crippen LogP) is 7.17. The second-order valence-corrected chi connectivity index (χ2v) is 9.16. The monoisotopic (exact) mass is 380 g/mol. The molecule has 0 amide bonds. The van der Waals surface area contributed by atoms with Crippen molar-refractivity contribution >= 4 is 33.5 Å². The normalized spacial score (nSPS) is 17.7. The molecule has 1 aromatic carbocycles. The van der Waals surface area contributed by atoms with Crippen molar-refractivity contribution in [2.75, 3.05) is 7.11 Å². The van der Waals surface area contributed by atoms with Crippen molar-refractivity contribution in [2.45, 2.75) is 47.0 Å². The molecule has 142 valence electrons. The first-order valence-electron chi connectivity index (χ1n) is 9.49. The number of methoxy groups -OCH3 is 1. The van der Waals surface area contributed by atoms with E-state index in [1.807, 2.05) is 18.2 Å². The van der Waals surface area contributed by atoms with Crippen LogP contribution in [0.1, 0.15) is 62.2 Å². The average Bonchev–Trinajstić information content (AvgIpc) is 3.01. The molecule has 1 aromatic heterocycles. The first-order valence-corrected chi connectivity index (χ1v) is 10.3. The van der Waals surface area contributed by atoms with Crippen molar-refractivity contribution in [2.24, 2.45) is 5.41 Å². The summed E-state index contributed by atoms with van der Waals surface area (Å²) in [4.78, 5) is 12.9. The lowest BCUT2D eigenvalue weighted by Crippen LogP contribution is -2.19. The van der Waals surface area contributed by atoms with Gasteiger partial charge in [0.15, 0.2) is 0 Å². The highest BCUT2D eigenvalue weighted by Crippen LogP contribution is 2.40. The third-order valence-corrected chi connectivity index (χ3v) is 6.43. The molecule has 0 saturated heterocycles. The number of carbonyl (C=O) groups is 1. The van der Waals surface area contributed by atoms with E-state index in [-0.39, 0.29) is 11.4 Å². The number of benzene rings is 1. The van der Waals surface area contributed by atoms with Gasteiger partial charge in [-0.25, -0.2) is 4.79 Å². The lowest BCUT2D eigenvalue weighted by Gasteiger charge is -2.32. The van der Waals surface area contributed by atoms with Gasteiger partial charge in [-0.05, 0) is 79.3 Å². The summed E-state index contributed by atoms with van der Waals surface area (Å²) in [5.41, 5.74) is 5.10. The smallest absolute Gasteiger partial charge is 0.337 e. The van der Waals surface area contributed by atoms with Crippen molar-refractivity contribution in [1.29, 1.82) is 0 Å². The van der Waals surface area contributed by atoms with E-state index in [0.717, 1.165) is 10.1 Å². The summed E-state index contributed by atoms with van der Waals surface area (Å²) in [7, 11) is 1.41. The van der Waals surface area contributed by atoms with Gasteiger partial charge in [-0.2, -0.15) is 0 Å². The number of allylic oxidation sites excluding steroid dienone is 5. The van der Waals surface area contributed by atoms with E-state index in [4.69, 9.17) is 4.74 Å². The number of rotatable bonds is 4. The summed E-state index contributed by atoms with van der Waals surface area (Å²) in [6.45, 7) is 9.11. The van der Waals surface area contributed by atoms with Gasteiger partial charge in [-0.15, -0.1) is 11.3 Å². The molecule has 27 heavy (non-hydrogen) atoms. The highest BCUT2D eigenvalue weighted by Gasteiger charge is 2.26. The van der Waals surface area contributed by atoms with Gasteiger partial charge in [0.25, 0.3) is 0 Å². The van der Waals surface area contributed by atoms with E-state index in [1.54, 1.807) is 11.3 Å².